The van der Waals surface area contributed by atoms with Gasteiger partial charge in [0, 0.05) is 11.4 Å². The molecule has 4 rings (SSSR count). The van der Waals surface area contributed by atoms with E-state index in [4.69, 9.17) is 5.73 Å². The van der Waals surface area contributed by atoms with E-state index in [0.29, 0.717) is 18.7 Å². The predicted molar refractivity (Wildman–Crippen MR) is 125 cm³/mol. The average Bonchev–Trinajstić information content (AvgIpc) is 2.91. The summed E-state index contributed by atoms with van der Waals surface area (Å²) in [5, 5.41) is 7.98. The summed E-state index contributed by atoms with van der Waals surface area (Å²) in [5.41, 5.74) is 9.75. The van der Waals surface area contributed by atoms with Crippen LogP contribution in [0.25, 0.3) is 10.8 Å². The quantitative estimate of drug-likeness (QED) is 0.558. The molecule has 0 radical (unpaired) electrons. The lowest BCUT2D eigenvalue weighted by Gasteiger charge is -2.27. The fourth-order valence-corrected chi connectivity index (χ4v) is 4.10. The fourth-order valence-electron chi connectivity index (χ4n) is 4.10. The highest BCUT2D eigenvalue weighted by atomic mass is 16.2. The van der Waals surface area contributed by atoms with Crippen molar-refractivity contribution in [1.82, 2.24) is 10.6 Å². The van der Waals surface area contributed by atoms with E-state index >= 15 is 0 Å². The Bertz CT molecular complexity index is 1130. The number of likely N-dealkylation sites (N-methyl/N-ethyl adjacent to an activating group) is 1. The van der Waals surface area contributed by atoms with E-state index in [9.17, 15) is 9.59 Å². The number of rotatable bonds is 5. The van der Waals surface area contributed by atoms with Crippen molar-refractivity contribution in [2.45, 2.75) is 38.4 Å². The van der Waals surface area contributed by atoms with Gasteiger partial charge in [-0.3, -0.25) is 9.59 Å². The van der Waals surface area contributed by atoms with Gasteiger partial charge in [0.15, 0.2) is 0 Å². The number of nitrogens with two attached hydrogens (primary N) is 1. The summed E-state index contributed by atoms with van der Waals surface area (Å²) in [7, 11) is 1.73. The van der Waals surface area contributed by atoms with Crippen LogP contribution in [0.2, 0.25) is 0 Å². The summed E-state index contributed by atoms with van der Waals surface area (Å²) in [4.78, 5) is 27.9. The van der Waals surface area contributed by atoms with Crippen LogP contribution in [0.3, 0.4) is 0 Å². The number of para-hydroxylation sites is 1. The molecule has 1 aliphatic heterocycles. The number of carbonyl (C=O) groups is 2. The van der Waals surface area contributed by atoms with Gasteiger partial charge in [0.05, 0.1) is 12.6 Å². The van der Waals surface area contributed by atoms with Gasteiger partial charge < -0.3 is 21.3 Å². The zero-order valence-electron chi connectivity index (χ0n) is 17.9. The molecule has 160 valence electrons. The summed E-state index contributed by atoms with van der Waals surface area (Å²) in [6.07, 6.45) is 1.29. The Morgan fingerprint density at radius 1 is 1.16 bits per heavy atom. The van der Waals surface area contributed by atoms with Crippen molar-refractivity contribution in [2.75, 3.05) is 17.7 Å². The monoisotopic (exact) mass is 416 g/mol. The Labute approximate surface area is 182 Å². The number of fused-ring (bicyclic) bond motifs is 2. The number of hydrogen-bond acceptors (Lipinski definition) is 4. The molecule has 4 N–H and O–H groups in total. The van der Waals surface area contributed by atoms with Gasteiger partial charge in [0.2, 0.25) is 11.8 Å². The van der Waals surface area contributed by atoms with Gasteiger partial charge in [0.1, 0.15) is 6.04 Å². The molecule has 2 atom stereocenters. The van der Waals surface area contributed by atoms with Crippen LogP contribution in [0, 0.1) is 0 Å². The van der Waals surface area contributed by atoms with Gasteiger partial charge in [-0.25, -0.2) is 0 Å². The zero-order chi connectivity index (χ0) is 22.0. The lowest BCUT2D eigenvalue weighted by molar-refractivity contribution is -0.128. The van der Waals surface area contributed by atoms with Gasteiger partial charge in [-0.2, -0.15) is 0 Å². The molecule has 0 saturated heterocycles. The first-order valence-corrected chi connectivity index (χ1v) is 10.6. The number of nitrogens with one attached hydrogen (secondary N) is 2. The lowest BCUT2D eigenvalue weighted by Crippen LogP contribution is -2.52. The Balaban J connectivity index is 1.72. The molecule has 6 nitrogen and oxygen atoms in total. The third kappa shape index (κ3) is 4.25. The number of nitrogen functional groups attached to an aromatic ring is 1. The maximum Gasteiger partial charge on any atom is 0.249 e. The van der Waals surface area contributed by atoms with Crippen molar-refractivity contribution < 1.29 is 9.59 Å². The van der Waals surface area contributed by atoms with E-state index < -0.39 is 6.04 Å². The molecular weight excluding hydrogens is 388 g/mol. The number of aryl methyl sites for hydroxylation is 1. The molecule has 0 bridgehead atoms. The van der Waals surface area contributed by atoms with Crippen molar-refractivity contribution in [3.8, 4) is 0 Å². The second-order valence-corrected chi connectivity index (χ2v) is 8.06. The number of carbonyl (C=O) groups excluding carboxylic acids is 2. The minimum absolute atomic E-state index is 0.0949. The Kier molecular flexibility index (Phi) is 5.91. The van der Waals surface area contributed by atoms with Crippen molar-refractivity contribution in [3.05, 3.63) is 71.8 Å². The predicted octanol–water partition coefficient (Wildman–Crippen LogP) is 2.99. The lowest BCUT2D eigenvalue weighted by atomic mass is 10.0. The van der Waals surface area contributed by atoms with Crippen LogP contribution in [0.15, 0.2) is 60.7 Å². The van der Waals surface area contributed by atoms with Crippen LogP contribution in [0.1, 0.15) is 24.5 Å². The second-order valence-electron chi connectivity index (χ2n) is 8.06. The molecule has 1 aliphatic rings. The average molecular weight is 417 g/mol. The first kappa shape index (κ1) is 20.9. The number of hydrogen-bond donors (Lipinski definition) is 3. The molecule has 0 aromatic heterocycles. The van der Waals surface area contributed by atoms with E-state index in [-0.39, 0.29) is 17.9 Å². The largest absolute Gasteiger partial charge is 0.399 e. The summed E-state index contributed by atoms with van der Waals surface area (Å²) in [6.45, 7) is 2.19. The van der Waals surface area contributed by atoms with Crippen molar-refractivity contribution in [3.63, 3.8) is 0 Å². The van der Waals surface area contributed by atoms with Gasteiger partial charge >= 0.3 is 0 Å². The highest BCUT2D eigenvalue weighted by Crippen LogP contribution is 2.30. The third-order valence-electron chi connectivity index (χ3n) is 6.02. The molecule has 0 aliphatic carbocycles. The third-order valence-corrected chi connectivity index (χ3v) is 6.02. The first-order chi connectivity index (χ1) is 15.0. The SMILES string of the molecule is CN[C@@H](C)C(=O)N[C@H]1CCc2ccccc2N(Cc2cccc3ccc(N)cc23)C1=O. The standard InChI is InChI=1S/C25H28N4O2/c1-16(27-2)24(30)28-22-13-11-18-6-3-4-9-23(18)29(25(22)31)15-19-8-5-7-17-10-12-20(26)14-21(17)19/h3-10,12,14,16,22,27H,11,13,15,26H2,1-2H3,(H,28,30)/t16-,22-/m0/s1. The topological polar surface area (TPSA) is 87.5 Å². The molecule has 0 saturated carbocycles. The van der Waals surface area contributed by atoms with Crippen molar-refractivity contribution >= 4 is 34.0 Å². The Morgan fingerprint density at radius 2 is 1.97 bits per heavy atom. The van der Waals surface area contributed by atoms with E-state index in [1.165, 1.54) is 0 Å². The van der Waals surface area contributed by atoms with Gasteiger partial charge in [-0.1, -0.05) is 42.5 Å². The summed E-state index contributed by atoms with van der Waals surface area (Å²) in [5.74, 6) is -0.271. The molecule has 2 amide bonds. The van der Waals surface area contributed by atoms with Crippen LogP contribution in [0.4, 0.5) is 11.4 Å². The maximum absolute atomic E-state index is 13.6. The van der Waals surface area contributed by atoms with Crippen molar-refractivity contribution in [2.24, 2.45) is 0 Å². The first-order valence-electron chi connectivity index (χ1n) is 10.6. The molecule has 0 unspecified atom stereocenters. The smallest absolute Gasteiger partial charge is 0.249 e. The summed E-state index contributed by atoms with van der Waals surface area (Å²) >= 11 is 0. The number of benzene rings is 3. The van der Waals surface area contributed by atoms with Gasteiger partial charge in [-0.05, 0) is 66.9 Å². The molecule has 31 heavy (non-hydrogen) atoms. The van der Waals surface area contributed by atoms with Crippen molar-refractivity contribution in [1.29, 1.82) is 0 Å². The van der Waals surface area contributed by atoms with E-state index in [1.807, 2.05) is 54.6 Å². The van der Waals surface area contributed by atoms with E-state index in [1.54, 1.807) is 18.9 Å². The Hall–Kier alpha value is -3.38. The number of amides is 2. The minimum Gasteiger partial charge on any atom is -0.399 e. The van der Waals surface area contributed by atoms with Gasteiger partial charge in [-0.15, -0.1) is 0 Å². The normalized spacial score (nSPS) is 17.2. The summed E-state index contributed by atoms with van der Waals surface area (Å²) < 4.78 is 0. The molecule has 1 heterocycles. The highest BCUT2D eigenvalue weighted by Gasteiger charge is 2.32. The minimum atomic E-state index is -0.573. The van der Waals surface area contributed by atoms with Crippen LogP contribution in [0.5, 0.6) is 0 Å². The molecule has 0 fully saturated rings. The zero-order valence-corrected chi connectivity index (χ0v) is 17.9. The molecular formula is C25H28N4O2. The molecule has 3 aromatic rings. The second kappa shape index (κ2) is 8.78. The molecule has 3 aromatic carbocycles. The molecule has 6 heteroatoms. The van der Waals surface area contributed by atoms with Crippen LogP contribution < -0.4 is 21.3 Å². The maximum atomic E-state index is 13.6. The fraction of sp³-hybridized carbons (Fsp3) is 0.280. The van der Waals surface area contributed by atoms with Crippen LogP contribution >= 0.6 is 0 Å². The van der Waals surface area contributed by atoms with Crippen LogP contribution in [-0.4, -0.2) is 30.9 Å². The number of nitrogens with zero attached hydrogens (tertiary/aromatic N) is 1. The van der Waals surface area contributed by atoms with Gasteiger partial charge in [0.25, 0.3) is 0 Å². The highest BCUT2D eigenvalue weighted by molar-refractivity contribution is 6.01. The van der Waals surface area contributed by atoms with E-state index in [0.717, 1.165) is 34.0 Å². The van der Waals surface area contributed by atoms with Crippen LogP contribution in [-0.2, 0) is 22.6 Å². The Morgan fingerprint density at radius 3 is 2.77 bits per heavy atom. The number of anilines is 2. The summed E-state index contributed by atoms with van der Waals surface area (Å²) in [6, 6.07) is 18.9. The molecule has 0 spiro atoms. The van der Waals surface area contributed by atoms with E-state index in [2.05, 4.69) is 16.7 Å².